The molecule has 21 heavy (non-hydrogen) atoms. The Hall–Kier alpha value is -1.25. The Kier molecular flexibility index (Phi) is 7.00. The van der Waals surface area contributed by atoms with Gasteiger partial charge in [-0.25, -0.2) is 4.98 Å². The van der Waals surface area contributed by atoms with Crippen molar-refractivity contribution in [3.63, 3.8) is 0 Å². The zero-order chi connectivity index (χ0) is 16.0. The highest BCUT2D eigenvalue weighted by Crippen LogP contribution is 2.20. The van der Waals surface area contributed by atoms with Gasteiger partial charge in [0.2, 0.25) is 0 Å². The van der Waals surface area contributed by atoms with Crippen LogP contribution in [-0.2, 0) is 0 Å². The molecule has 3 heteroatoms. The fraction of sp³-hybridized carbons (Fsp3) is 0.722. The second kappa shape index (κ2) is 8.26. The molecule has 3 nitrogen and oxygen atoms in total. The molecule has 1 heterocycles. The minimum atomic E-state index is 0.454. The number of nitrogens with zero attached hydrogens (tertiary/aromatic N) is 1. The first-order chi connectivity index (χ1) is 9.77. The van der Waals surface area contributed by atoms with Crippen LogP contribution >= 0.6 is 0 Å². The molecule has 0 aliphatic heterocycles. The maximum atomic E-state index is 4.58. The molecule has 1 aromatic heterocycles. The predicted octanol–water partition coefficient (Wildman–Crippen LogP) is 5.08. The Morgan fingerprint density at radius 1 is 0.905 bits per heavy atom. The van der Waals surface area contributed by atoms with Crippen molar-refractivity contribution in [2.75, 3.05) is 10.6 Å². The Balaban J connectivity index is 2.63. The molecule has 2 N–H and O–H groups in total. The summed E-state index contributed by atoms with van der Waals surface area (Å²) in [6.45, 7) is 15.6. The first kappa shape index (κ1) is 17.8. The van der Waals surface area contributed by atoms with Crippen LogP contribution in [0.2, 0.25) is 0 Å². The number of hydrogen-bond acceptors (Lipinski definition) is 3. The van der Waals surface area contributed by atoms with Crippen LogP contribution < -0.4 is 10.6 Å². The third-order valence-corrected chi connectivity index (χ3v) is 3.52. The van der Waals surface area contributed by atoms with E-state index < -0.39 is 0 Å². The number of hydrogen-bond donors (Lipinski definition) is 2. The topological polar surface area (TPSA) is 37.0 Å². The van der Waals surface area contributed by atoms with Crippen LogP contribution in [0.4, 0.5) is 11.5 Å². The van der Waals surface area contributed by atoms with Gasteiger partial charge in [0.15, 0.2) is 0 Å². The second-order valence-electron chi connectivity index (χ2n) is 7.24. The molecule has 0 spiro atoms. The minimum Gasteiger partial charge on any atom is -0.381 e. The minimum absolute atomic E-state index is 0.454. The molecular weight excluding hydrogens is 258 g/mol. The summed E-state index contributed by atoms with van der Waals surface area (Å²) in [5.74, 6) is 2.41. The van der Waals surface area contributed by atoms with Gasteiger partial charge in [-0.1, -0.05) is 27.7 Å². The van der Waals surface area contributed by atoms with Crippen molar-refractivity contribution in [1.29, 1.82) is 0 Å². The lowest BCUT2D eigenvalue weighted by Crippen LogP contribution is -2.20. The van der Waals surface area contributed by atoms with Crippen molar-refractivity contribution in [3.05, 3.63) is 17.8 Å². The summed E-state index contributed by atoms with van der Waals surface area (Å²) >= 11 is 0. The lowest BCUT2D eigenvalue weighted by molar-refractivity contribution is 0.538. The first-order valence-electron chi connectivity index (χ1n) is 8.27. The standard InChI is InChI=1S/C18H33N3/c1-12(2)8-15(6)20-17-10-14(5)18(19-11-17)21-16(7)9-13(3)4/h10-13,15-16,20H,8-9H2,1-7H3,(H,19,21). The molecule has 2 atom stereocenters. The fourth-order valence-electron chi connectivity index (χ4n) is 2.85. The van der Waals surface area contributed by atoms with Crippen molar-refractivity contribution in [2.24, 2.45) is 11.8 Å². The number of pyridine rings is 1. The van der Waals surface area contributed by atoms with E-state index in [1.165, 1.54) is 12.0 Å². The average molecular weight is 291 g/mol. The van der Waals surface area contributed by atoms with Crippen LogP contribution in [0.25, 0.3) is 0 Å². The van der Waals surface area contributed by atoms with Gasteiger partial charge in [0.05, 0.1) is 11.9 Å². The molecule has 0 amide bonds. The van der Waals surface area contributed by atoms with Crippen molar-refractivity contribution in [1.82, 2.24) is 4.98 Å². The van der Waals surface area contributed by atoms with E-state index in [0.717, 1.165) is 17.9 Å². The largest absolute Gasteiger partial charge is 0.381 e. The van der Waals surface area contributed by atoms with Gasteiger partial charge < -0.3 is 10.6 Å². The van der Waals surface area contributed by atoms with Crippen LogP contribution in [0.5, 0.6) is 0 Å². The molecule has 1 aromatic rings. The summed E-state index contributed by atoms with van der Waals surface area (Å²) in [6, 6.07) is 3.12. The molecular formula is C18H33N3. The number of anilines is 2. The third kappa shape index (κ3) is 6.83. The van der Waals surface area contributed by atoms with Gasteiger partial charge in [-0.2, -0.15) is 0 Å². The van der Waals surface area contributed by atoms with Crippen LogP contribution in [0.1, 0.15) is 59.9 Å². The Morgan fingerprint density at radius 2 is 1.43 bits per heavy atom. The summed E-state index contributed by atoms with van der Waals surface area (Å²) < 4.78 is 0. The molecule has 0 saturated carbocycles. The zero-order valence-electron chi connectivity index (χ0n) is 14.8. The molecule has 0 aliphatic rings. The van der Waals surface area contributed by atoms with E-state index >= 15 is 0 Å². The van der Waals surface area contributed by atoms with Crippen molar-refractivity contribution in [3.8, 4) is 0 Å². The summed E-state index contributed by atoms with van der Waals surface area (Å²) in [4.78, 5) is 4.58. The summed E-state index contributed by atoms with van der Waals surface area (Å²) in [5, 5.41) is 7.05. The van der Waals surface area contributed by atoms with E-state index in [4.69, 9.17) is 0 Å². The summed E-state index contributed by atoms with van der Waals surface area (Å²) in [6.07, 6.45) is 4.27. The monoisotopic (exact) mass is 291 g/mol. The van der Waals surface area contributed by atoms with Crippen LogP contribution in [-0.4, -0.2) is 17.1 Å². The molecule has 0 bridgehead atoms. The van der Waals surface area contributed by atoms with Gasteiger partial charge in [-0.3, -0.25) is 0 Å². The third-order valence-electron chi connectivity index (χ3n) is 3.52. The van der Waals surface area contributed by atoms with Gasteiger partial charge in [0.1, 0.15) is 5.82 Å². The zero-order valence-corrected chi connectivity index (χ0v) is 14.8. The van der Waals surface area contributed by atoms with Crippen molar-refractivity contribution >= 4 is 11.5 Å². The Bertz CT molecular complexity index is 426. The molecule has 0 aliphatic carbocycles. The van der Waals surface area contributed by atoms with E-state index in [2.05, 4.69) is 70.2 Å². The van der Waals surface area contributed by atoms with Crippen LogP contribution in [0.15, 0.2) is 12.3 Å². The number of rotatable bonds is 8. The fourth-order valence-corrected chi connectivity index (χ4v) is 2.85. The highest BCUT2D eigenvalue weighted by molar-refractivity contribution is 5.53. The SMILES string of the molecule is Cc1cc(NC(C)CC(C)C)cnc1NC(C)CC(C)C. The predicted molar refractivity (Wildman–Crippen MR) is 94.1 cm³/mol. The maximum Gasteiger partial charge on any atom is 0.129 e. The Morgan fingerprint density at radius 3 is 1.90 bits per heavy atom. The van der Waals surface area contributed by atoms with Gasteiger partial charge in [0.25, 0.3) is 0 Å². The smallest absolute Gasteiger partial charge is 0.129 e. The van der Waals surface area contributed by atoms with E-state index in [9.17, 15) is 0 Å². The maximum absolute atomic E-state index is 4.58. The summed E-state index contributed by atoms with van der Waals surface area (Å²) in [7, 11) is 0. The Labute approximate surface area is 130 Å². The van der Waals surface area contributed by atoms with Gasteiger partial charge in [0, 0.05) is 12.1 Å². The van der Waals surface area contributed by atoms with E-state index in [-0.39, 0.29) is 0 Å². The molecule has 0 aromatic carbocycles. The summed E-state index contributed by atoms with van der Waals surface area (Å²) in [5.41, 5.74) is 2.31. The van der Waals surface area contributed by atoms with Gasteiger partial charge in [-0.05, 0) is 57.1 Å². The van der Waals surface area contributed by atoms with E-state index in [1.807, 2.05) is 6.20 Å². The molecule has 0 fully saturated rings. The molecule has 0 radical (unpaired) electrons. The second-order valence-corrected chi connectivity index (χ2v) is 7.24. The number of nitrogens with one attached hydrogen (secondary N) is 2. The molecule has 2 unspecified atom stereocenters. The number of aromatic nitrogens is 1. The molecule has 0 saturated heterocycles. The van der Waals surface area contributed by atoms with E-state index in [1.54, 1.807) is 0 Å². The lowest BCUT2D eigenvalue weighted by atomic mass is 10.0. The lowest BCUT2D eigenvalue weighted by Gasteiger charge is -2.20. The van der Waals surface area contributed by atoms with Crippen LogP contribution in [0, 0.1) is 18.8 Å². The highest BCUT2D eigenvalue weighted by atomic mass is 15.0. The number of aryl methyl sites for hydroxylation is 1. The molecule has 1 rings (SSSR count). The van der Waals surface area contributed by atoms with E-state index in [0.29, 0.717) is 23.9 Å². The quantitative estimate of drug-likeness (QED) is 0.701. The highest BCUT2D eigenvalue weighted by Gasteiger charge is 2.09. The average Bonchev–Trinajstić information content (AvgIpc) is 2.30. The normalized spacial score (nSPS) is 14.3. The van der Waals surface area contributed by atoms with Crippen molar-refractivity contribution < 1.29 is 0 Å². The van der Waals surface area contributed by atoms with Gasteiger partial charge >= 0.3 is 0 Å². The van der Waals surface area contributed by atoms with Crippen molar-refractivity contribution in [2.45, 2.75) is 73.4 Å². The van der Waals surface area contributed by atoms with Crippen LogP contribution in [0.3, 0.4) is 0 Å². The molecule has 120 valence electrons. The first-order valence-corrected chi connectivity index (χ1v) is 8.27. The van der Waals surface area contributed by atoms with Gasteiger partial charge in [-0.15, -0.1) is 0 Å².